The highest BCUT2D eigenvalue weighted by Gasteiger charge is 2.31. The zero-order chi connectivity index (χ0) is 20.1. The van der Waals surface area contributed by atoms with Crippen molar-refractivity contribution in [2.75, 3.05) is 33.2 Å². The standard InChI is InChI=1S/C20H28N4O3S/c1-23-13-14-24(20(25)19(23)7-4-11-22-28(21,26)27)12-10-16-8-9-17-5-2-3-6-18(17)15-16/h2-3,5-6,8-9,15,19,22H,4,7,10-14H2,1H3,(H2,21,26,27)/t19-/m0/s1. The van der Waals surface area contributed by atoms with Crippen molar-refractivity contribution in [1.82, 2.24) is 14.5 Å². The van der Waals surface area contributed by atoms with Gasteiger partial charge in [-0.1, -0.05) is 42.5 Å². The van der Waals surface area contributed by atoms with Gasteiger partial charge >= 0.3 is 0 Å². The number of nitrogens with two attached hydrogens (primary N) is 1. The molecule has 1 heterocycles. The molecule has 1 atom stereocenters. The zero-order valence-corrected chi connectivity index (χ0v) is 17.0. The van der Waals surface area contributed by atoms with Crippen LogP contribution < -0.4 is 9.86 Å². The third kappa shape index (κ3) is 5.51. The fraction of sp³-hybridized carbons (Fsp3) is 0.450. The largest absolute Gasteiger partial charge is 0.340 e. The Hall–Kier alpha value is -2.00. The molecule has 1 fully saturated rings. The summed E-state index contributed by atoms with van der Waals surface area (Å²) >= 11 is 0. The first-order chi connectivity index (χ1) is 13.3. The third-order valence-electron chi connectivity index (χ3n) is 5.29. The van der Waals surface area contributed by atoms with Crippen molar-refractivity contribution in [3.8, 4) is 0 Å². The SMILES string of the molecule is CN1CCN(CCc2ccc3ccccc3c2)C(=O)[C@@H]1CCCNS(N)(=O)=O. The maximum absolute atomic E-state index is 12.9. The second kappa shape index (κ2) is 9.00. The third-order valence-corrected chi connectivity index (χ3v) is 5.90. The first kappa shape index (κ1) is 20.7. The summed E-state index contributed by atoms with van der Waals surface area (Å²) in [6.45, 7) is 2.47. The molecular weight excluding hydrogens is 376 g/mol. The number of amides is 1. The predicted molar refractivity (Wildman–Crippen MR) is 111 cm³/mol. The molecule has 0 saturated carbocycles. The number of piperazine rings is 1. The van der Waals surface area contributed by atoms with Crippen molar-refractivity contribution in [2.24, 2.45) is 5.14 Å². The van der Waals surface area contributed by atoms with E-state index in [1.807, 2.05) is 29.0 Å². The smallest absolute Gasteiger partial charge is 0.274 e. The topological polar surface area (TPSA) is 95.7 Å². The minimum atomic E-state index is -3.68. The van der Waals surface area contributed by atoms with Crippen molar-refractivity contribution in [3.63, 3.8) is 0 Å². The molecule has 3 N–H and O–H groups in total. The van der Waals surface area contributed by atoms with E-state index in [0.29, 0.717) is 19.4 Å². The molecule has 0 spiro atoms. The fourth-order valence-corrected chi connectivity index (χ4v) is 4.11. The van der Waals surface area contributed by atoms with Gasteiger partial charge in [0.2, 0.25) is 5.91 Å². The number of carbonyl (C=O) groups is 1. The lowest BCUT2D eigenvalue weighted by molar-refractivity contribution is -0.141. The lowest BCUT2D eigenvalue weighted by atomic mass is 10.0. The van der Waals surface area contributed by atoms with E-state index in [4.69, 9.17) is 5.14 Å². The van der Waals surface area contributed by atoms with Crippen LogP contribution in [0.5, 0.6) is 0 Å². The van der Waals surface area contributed by atoms with Gasteiger partial charge in [-0.3, -0.25) is 9.69 Å². The molecule has 0 aliphatic carbocycles. The Labute approximate surface area is 166 Å². The molecule has 0 aromatic heterocycles. The monoisotopic (exact) mass is 404 g/mol. The van der Waals surface area contributed by atoms with Crippen LogP contribution in [0.25, 0.3) is 10.8 Å². The summed E-state index contributed by atoms with van der Waals surface area (Å²) in [6, 6.07) is 14.5. The Bertz CT molecular complexity index is 932. The summed E-state index contributed by atoms with van der Waals surface area (Å²) < 4.78 is 24.2. The molecule has 0 unspecified atom stereocenters. The van der Waals surface area contributed by atoms with Gasteiger partial charge < -0.3 is 4.90 Å². The lowest BCUT2D eigenvalue weighted by Gasteiger charge is -2.39. The van der Waals surface area contributed by atoms with E-state index in [-0.39, 0.29) is 18.5 Å². The molecule has 1 amide bonds. The van der Waals surface area contributed by atoms with Gasteiger partial charge in [0.05, 0.1) is 6.04 Å². The van der Waals surface area contributed by atoms with Crippen LogP contribution in [0.15, 0.2) is 42.5 Å². The van der Waals surface area contributed by atoms with E-state index < -0.39 is 10.2 Å². The van der Waals surface area contributed by atoms with Gasteiger partial charge in [0.15, 0.2) is 0 Å². The highest BCUT2D eigenvalue weighted by atomic mass is 32.2. The Balaban J connectivity index is 1.55. The van der Waals surface area contributed by atoms with Gasteiger partial charge in [0.25, 0.3) is 10.2 Å². The van der Waals surface area contributed by atoms with E-state index in [0.717, 1.165) is 19.5 Å². The Kier molecular flexibility index (Phi) is 6.66. The van der Waals surface area contributed by atoms with Crippen LogP contribution in [-0.4, -0.2) is 63.4 Å². The number of hydrogen-bond donors (Lipinski definition) is 2. The van der Waals surface area contributed by atoms with Crippen molar-refractivity contribution >= 4 is 26.9 Å². The normalized spacial score (nSPS) is 18.7. The lowest BCUT2D eigenvalue weighted by Crippen LogP contribution is -2.56. The summed E-state index contributed by atoms with van der Waals surface area (Å²) in [5, 5.41) is 7.37. The molecule has 2 aromatic rings. The van der Waals surface area contributed by atoms with Gasteiger partial charge in [0.1, 0.15) is 0 Å². The molecule has 0 radical (unpaired) electrons. The Morgan fingerprint density at radius 3 is 2.64 bits per heavy atom. The number of fused-ring (bicyclic) bond motifs is 1. The summed E-state index contributed by atoms with van der Waals surface area (Å²) in [6.07, 6.45) is 1.99. The summed E-state index contributed by atoms with van der Waals surface area (Å²) in [5.74, 6) is 0.116. The minimum absolute atomic E-state index is 0.116. The maximum Gasteiger partial charge on any atom is 0.274 e. The van der Waals surface area contributed by atoms with E-state index in [2.05, 4.69) is 35.1 Å². The van der Waals surface area contributed by atoms with Gasteiger partial charge in [0, 0.05) is 26.2 Å². The highest BCUT2D eigenvalue weighted by molar-refractivity contribution is 7.87. The quantitative estimate of drug-likeness (QED) is 0.644. The van der Waals surface area contributed by atoms with Crippen molar-refractivity contribution in [3.05, 3.63) is 48.0 Å². The van der Waals surface area contributed by atoms with E-state index in [1.54, 1.807) is 0 Å². The summed E-state index contributed by atoms with van der Waals surface area (Å²) in [4.78, 5) is 16.9. The molecule has 28 heavy (non-hydrogen) atoms. The van der Waals surface area contributed by atoms with Gasteiger partial charge in [-0.05, 0) is 42.6 Å². The number of carbonyl (C=O) groups excluding carboxylic acids is 1. The van der Waals surface area contributed by atoms with E-state index in [9.17, 15) is 13.2 Å². The molecule has 2 aromatic carbocycles. The fourth-order valence-electron chi connectivity index (χ4n) is 3.68. The number of likely N-dealkylation sites (N-methyl/N-ethyl adjacent to an activating group) is 1. The van der Waals surface area contributed by atoms with Crippen molar-refractivity contribution in [1.29, 1.82) is 0 Å². The minimum Gasteiger partial charge on any atom is -0.340 e. The van der Waals surface area contributed by atoms with Gasteiger partial charge in [-0.15, -0.1) is 0 Å². The zero-order valence-electron chi connectivity index (χ0n) is 16.2. The number of hydrogen-bond acceptors (Lipinski definition) is 4. The summed E-state index contributed by atoms with van der Waals surface area (Å²) in [5.41, 5.74) is 1.22. The number of rotatable bonds is 8. The molecule has 1 saturated heterocycles. The van der Waals surface area contributed by atoms with Crippen LogP contribution in [0, 0.1) is 0 Å². The van der Waals surface area contributed by atoms with Gasteiger partial charge in [-0.25, -0.2) is 9.86 Å². The molecule has 3 rings (SSSR count). The van der Waals surface area contributed by atoms with Crippen LogP contribution in [0.4, 0.5) is 0 Å². The van der Waals surface area contributed by atoms with Gasteiger partial charge in [-0.2, -0.15) is 8.42 Å². The average Bonchev–Trinajstić information content (AvgIpc) is 2.65. The van der Waals surface area contributed by atoms with E-state index in [1.165, 1.54) is 16.3 Å². The molecule has 7 nitrogen and oxygen atoms in total. The predicted octanol–water partition coefficient (Wildman–Crippen LogP) is 1.10. The van der Waals surface area contributed by atoms with Crippen LogP contribution in [0.2, 0.25) is 0 Å². The average molecular weight is 405 g/mol. The summed E-state index contributed by atoms with van der Waals surface area (Å²) in [7, 11) is -1.74. The molecule has 1 aliphatic heterocycles. The first-order valence-corrected chi connectivity index (χ1v) is 11.1. The molecule has 0 bridgehead atoms. The second-order valence-electron chi connectivity index (χ2n) is 7.33. The Morgan fingerprint density at radius 1 is 1.14 bits per heavy atom. The molecular formula is C20H28N4O3S. The number of nitrogens with zero attached hydrogens (tertiary/aromatic N) is 2. The molecule has 1 aliphatic rings. The second-order valence-corrected chi connectivity index (χ2v) is 8.71. The van der Waals surface area contributed by atoms with Crippen LogP contribution in [0.1, 0.15) is 18.4 Å². The maximum atomic E-state index is 12.9. The Morgan fingerprint density at radius 2 is 1.89 bits per heavy atom. The molecule has 8 heteroatoms. The van der Waals surface area contributed by atoms with Crippen LogP contribution in [0.3, 0.4) is 0 Å². The number of benzene rings is 2. The van der Waals surface area contributed by atoms with Crippen LogP contribution >= 0.6 is 0 Å². The van der Waals surface area contributed by atoms with Crippen molar-refractivity contribution in [2.45, 2.75) is 25.3 Å². The highest BCUT2D eigenvalue weighted by Crippen LogP contribution is 2.18. The van der Waals surface area contributed by atoms with Crippen molar-refractivity contribution < 1.29 is 13.2 Å². The van der Waals surface area contributed by atoms with E-state index >= 15 is 0 Å². The number of nitrogens with one attached hydrogen (secondary N) is 1. The molecule has 152 valence electrons. The first-order valence-electron chi connectivity index (χ1n) is 9.57. The van der Waals surface area contributed by atoms with Crippen LogP contribution in [-0.2, 0) is 21.4 Å².